The van der Waals surface area contributed by atoms with Crippen LogP contribution in [0.1, 0.15) is 11.1 Å². The third-order valence-electron chi connectivity index (χ3n) is 3.00. The Kier molecular flexibility index (Phi) is 3.19. The highest BCUT2D eigenvalue weighted by Gasteiger charge is 2.57. The van der Waals surface area contributed by atoms with Crippen LogP contribution in [0.3, 0.4) is 0 Å². The zero-order chi connectivity index (χ0) is 15.3. The first kappa shape index (κ1) is 14.9. The molecule has 0 spiro atoms. The molecule has 0 aliphatic heterocycles. The van der Waals surface area contributed by atoms with E-state index in [-0.39, 0.29) is 5.56 Å². The molecule has 0 fully saturated rings. The zero-order valence-electron chi connectivity index (χ0n) is 9.70. The molecule has 0 amide bonds. The van der Waals surface area contributed by atoms with Gasteiger partial charge in [-0.15, -0.1) is 0 Å². The van der Waals surface area contributed by atoms with Crippen molar-refractivity contribution in [3.05, 3.63) is 41.5 Å². The molecule has 0 saturated heterocycles. The van der Waals surface area contributed by atoms with E-state index in [0.29, 0.717) is 6.08 Å². The summed E-state index contributed by atoms with van der Waals surface area (Å²) in [7, 11) is -10.5. The molecule has 2 unspecified atom stereocenters. The molecule has 8 nitrogen and oxygen atoms in total. The van der Waals surface area contributed by atoms with Crippen molar-refractivity contribution < 1.29 is 36.2 Å². The summed E-state index contributed by atoms with van der Waals surface area (Å²) in [6.45, 7) is 0. The molecular weight excluding hydrogens is 312 g/mol. The predicted molar refractivity (Wildman–Crippen MR) is 67.8 cm³/mol. The smallest absolute Gasteiger partial charge is 0.301 e. The monoisotopic (exact) mass is 322 g/mol. The van der Waals surface area contributed by atoms with Gasteiger partial charge in [0.2, 0.25) is 4.93 Å². The Morgan fingerprint density at radius 3 is 2.10 bits per heavy atom. The van der Waals surface area contributed by atoms with E-state index >= 15 is 0 Å². The lowest BCUT2D eigenvalue weighted by atomic mass is 9.92. The van der Waals surface area contributed by atoms with Gasteiger partial charge < -0.3 is 10.2 Å². The van der Waals surface area contributed by atoms with E-state index in [1.165, 1.54) is 18.2 Å². The van der Waals surface area contributed by atoms with Crippen LogP contribution >= 0.6 is 0 Å². The van der Waals surface area contributed by atoms with Gasteiger partial charge in [0, 0.05) is 11.1 Å². The third kappa shape index (κ3) is 2.01. The molecule has 10 heteroatoms. The van der Waals surface area contributed by atoms with Gasteiger partial charge in [0.05, 0.1) is 0 Å². The predicted octanol–water partition coefficient (Wildman–Crippen LogP) is -0.112. The third-order valence-corrected chi connectivity index (χ3v) is 5.53. The van der Waals surface area contributed by atoms with E-state index in [4.69, 9.17) is 4.55 Å². The maximum absolute atomic E-state index is 11.5. The number of aliphatic hydroxyl groups is 2. The molecule has 0 aromatic heterocycles. The van der Waals surface area contributed by atoms with Crippen LogP contribution in [0.2, 0.25) is 0 Å². The normalized spacial score (nSPS) is 26.8. The summed E-state index contributed by atoms with van der Waals surface area (Å²) in [5, 5.41) is 17.5. The van der Waals surface area contributed by atoms with E-state index in [2.05, 4.69) is 0 Å². The van der Waals surface area contributed by atoms with Crippen LogP contribution in [0.5, 0.6) is 0 Å². The molecule has 0 saturated carbocycles. The quantitative estimate of drug-likeness (QED) is 0.551. The lowest BCUT2D eigenvalue weighted by Gasteiger charge is -2.34. The van der Waals surface area contributed by atoms with E-state index in [9.17, 15) is 31.6 Å². The number of aliphatic hydroxyl groups excluding tert-OH is 1. The highest BCUT2D eigenvalue weighted by atomic mass is 32.2. The minimum Gasteiger partial charge on any atom is -0.508 e. The minimum absolute atomic E-state index is 0.174. The average Bonchev–Trinajstić information content (AvgIpc) is 2.31. The van der Waals surface area contributed by atoms with Crippen molar-refractivity contribution in [2.75, 3.05) is 0 Å². The second-order valence-electron chi connectivity index (χ2n) is 4.20. The van der Waals surface area contributed by atoms with Crippen molar-refractivity contribution in [3.8, 4) is 0 Å². The molecule has 1 aliphatic carbocycles. The first-order valence-electron chi connectivity index (χ1n) is 5.16. The summed E-state index contributed by atoms with van der Waals surface area (Å²) in [6.07, 6.45) is 0.450. The summed E-state index contributed by atoms with van der Waals surface area (Å²) >= 11 is 0. The van der Waals surface area contributed by atoms with Gasteiger partial charge in [-0.2, -0.15) is 16.8 Å². The summed E-state index contributed by atoms with van der Waals surface area (Å²) in [6, 6.07) is 4.91. The maximum Gasteiger partial charge on any atom is 0.301 e. The molecule has 1 aliphatic rings. The van der Waals surface area contributed by atoms with Gasteiger partial charge in [0.1, 0.15) is 5.76 Å². The van der Waals surface area contributed by atoms with Gasteiger partial charge in [-0.05, 0) is 6.08 Å². The van der Waals surface area contributed by atoms with Crippen LogP contribution < -0.4 is 0 Å². The van der Waals surface area contributed by atoms with Crippen LogP contribution in [0.25, 0.3) is 5.76 Å². The van der Waals surface area contributed by atoms with Gasteiger partial charge in [0.25, 0.3) is 10.1 Å². The van der Waals surface area contributed by atoms with Crippen molar-refractivity contribution in [2.45, 2.75) is 10.2 Å². The number of hydrogen-bond acceptors (Lipinski definition) is 6. The lowest BCUT2D eigenvalue weighted by molar-refractivity contribution is 0.112. The Labute approximate surface area is 114 Å². The van der Waals surface area contributed by atoms with Crippen molar-refractivity contribution in [3.63, 3.8) is 0 Å². The Bertz CT molecular complexity index is 792. The fourth-order valence-corrected chi connectivity index (χ4v) is 4.47. The molecule has 2 atom stereocenters. The van der Waals surface area contributed by atoms with Crippen molar-refractivity contribution in [2.24, 2.45) is 0 Å². The van der Waals surface area contributed by atoms with Gasteiger partial charge in [0.15, 0.2) is 5.25 Å². The molecular formula is C10H10O8S2. The Hall–Kier alpha value is -1.46. The van der Waals surface area contributed by atoms with Gasteiger partial charge in [-0.1, -0.05) is 24.3 Å². The molecule has 4 N–H and O–H groups in total. The second-order valence-corrected chi connectivity index (χ2v) is 7.31. The Balaban J connectivity index is 2.93. The molecule has 0 radical (unpaired) electrons. The SMILES string of the molecule is O=S(=O)(O)C1C=C(O)c2ccccc2C1(O)S(=O)(=O)O. The highest BCUT2D eigenvalue weighted by Crippen LogP contribution is 2.42. The van der Waals surface area contributed by atoms with Crippen LogP contribution in [-0.2, 0) is 25.2 Å². The van der Waals surface area contributed by atoms with Gasteiger partial charge in [-0.3, -0.25) is 9.11 Å². The fourth-order valence-electron chi connectivity index (χ4n) is 2.09. The van der Waals surface area contributed by atoms with Crippen LogP contribution in [0.15, 0.2) is 30.3 Å². The Morgan fingerprint density at radius 1 is 1.05 bits per heavy atom. The molecule has 20 heavy (non-hydrogen) atoms. The molecule has 1 aromatic carbocycles. The van der Waals surface area contributed by atoms with Crippen LogP contribution in [0, 0.1) is 0 Å². The second kappa shape index (κ2) is 4.27. The molecule has 2 rings (SSSR count). The summed E-state index contributed by atoms with van der Waals surface area (Å²) in [5.41, 5.74) is -0.724. The standard InChI is InChI=1S/C10H10O8S2/c11-8-5-9(19(13,14)15)10(12,20(16,17)18)7-4-2-1-3-6(7)8/h1-5,9,11-12H,(H,13,14,15)(H,16,17,18). The number of benzene rings is 1. The summed E-state index contributed by atoms with van der Waals surface area (Å²) < 4.78 is 63.7. The topological polar surface area (TPSA) is 149 Å². The number of rotatable bonds is 2. The van der Waals surface area contributed by atoms with Gasteiger partial charge >= 0.3 is 10.1 Å². The first-order chi connectivity index (χ1) is 8.99. The van der Waals surface area contributed by atoms with E-state index in [0.717, 1.165) is 6.07 Å². The zero-order valence-corrected chi connectivity index (χ0v) is 11.3. The lowest BCUT2D eigenvalue weighted by Crippen LogP contribution is -2.51. The highest BCUT2D eigenvalue weighted by molar-refractivity contribution is 7.90. The van der Waals surface area contributed by atoms with E-state index in [1.807, 2.05) is 0 Å². The molecule has 0 bridgehead atoms. The molecule has 1 aromatic rings. The summed E-state index contributed by atoms with van der Waals surface area (Å²) in [5.74, 6) is -0.642. The van der Waals surface area contributed by atoms with Crippen LogP contribution in [-0.4, -0.2) is 41.4 Å². The largest absolute Gasteiger partial charge is 0.508 e. The summed E-state index contributed by atoms with van der Waals surface area (Å²) in [4.78, 5) is -3.32. The number of hydrogen-bond donors (Lipinski definition) is 4. The van der Waals surface area contributed by atoms with Crippen molar-refractivity contribution >= 4 is 26.0 Å². The Morgan fingerprint density at radius 2 is 1.60 bits per heavy atom. The average molecular weight is 322 g/mol. The first-order valence-corrected chi connectivity index (χ1v) is 8.10. The van der Waals surface area contributed by atoms with Crippen molar-refractivity contribution in [1.82, 2.24) is 0 Å². The minimum atomic E-state index is -5.33. The van der Waals surface area contributed by atoms with E-state index in [1.54, 1.807) is 0 Å². The number of fused-ring (bicyclic) bond motifs is 1. The maximum atomic E-state index is 11.5. The molecule has 0 heterocycles. The fraction of sp³-hybridized carbons (Fsp3) is 0.200. The van der Waals surface area contributed by atoms with E-state index < -0.39 is 41.7 Å². The van der Waals surface area contributed by atoms with Gasteiger partial charge in [-0.25, -0.2) is 0 Å². The van der Waals surface area contributed by atoms with Crippen molar-refractivity contribution in [1.29, 1.82) is 0 Å². The van der Waals surface area contributed by atoms with Crippen LogP contribution in [0.4, 0.5) is 0 Å². The molecule has 110 valence electrons.